The van der Waals surface area contributed by atoms with Crippen LogP contribution in [0.3, 0.4) is 0 Å². The lowest BCUT2D eigenvalue weighted by Crippen LogP contribution is -2.35. The Morgan fingerprint density at radius 1 is 1.25 bits per heavy atom. The summed E-state index contributed by atoms with van der Waals surface area (Å²) in [6.07, 6.45) is 0. The smallest absolute Gasteiger partial charge is 0.266 e. The first-order valence-electron chi connectivity index (χ1n) is 7.59. The summed E-state index contributed by atoms with van der Waals surface area (Å²) in [5.41, 5.74) is 1.92. The predicted octanol–water partition coefficient (Wildman–Crippen LogP) is 3.78. The highest BCUT2D eigenvalue weighted by molar-refractivity contribution is 8.14. The molecule has 0 atom stereocenters. The summed E-state index contributed by atoms with van der Waals surface area (Å²) in [5.74, 6) is 0.787. The van der Waals surface area contributed by atoms with Gasteiger partial charge < -0.3 is 4.74 Å². The predicted molar refractivity (Wildman–Crippen MR) is 94.3 cm³/mol. The maximum absolute atomic E-state index is 12.9. The van der Waals surface area contributed by atoms with E-state index in [0.29, 0.717) is 17.5 Å². The highest BCUT2D eigenvalue weighted by Gasteiger charge is 2.26. The van der Waals surface area contributed by atoms with E-state index in [4.69, 9.17) is 4.74 Å². The molecule has 0 unspecified atom stereocenters. The molecule has 0 bridgehead atoms. The lowest BCUT2D eigenvalue weighted by Gasteiger charge is -2.16. The average Bonchev–Trinajstić information content (AvgIpc) is 3.04. The fourth-order valence-corrected chi connectivity index (χ4v) is 3.24. The van der Waals surface area contributed by atoms with Crippen molar-refractivity contribution in [2.24, 2.45) is 4.99 Å². The SMILES string of the molecule is Cc1ccccc1N=C1SCCN1C(=O)COc1ccc(F)cc1. The van der Waals surface area contributed by atoms with Gasteiger partial charge in [-0.3, -0.25) is 9.69 Å². The van der Waals surface area contributed by atoms with Gasteiger partial charge in [0.2, 0.25) is 0 Å². The molecule has 3 rings (SSSR count). The minimum Gasteiger partial charge on any atom is -0.484 e. The second-order valence-corrected chi connectivity index (χ2v) is 6.38. The molecule has 2 aromatic rings. The number of para-hydroxylation sites is 1. The summed E-state index contributed by atoms with van der Waals surface area (Å²) in [6.45, 7) is 2.50. The lowest BCUT2D eigenvalue weighted by atomic mass is 10.2. The van der Waals surface area contributed by atoms with E-state index in [2.05, 4.69) is 4.99 Å². The molecule has 1 heterocycles. The molecule has 0 spiro atoms. The number of amides is 1. The number of thioether (sulfide) groups is 1. The van der Waals surface area contributed by atoms with Gasteiger partial charge in [0.25, 0.3) is 5.91 Å². The van der Waals surface area contributed by atoms with E-state index in [9.17, 15) is 9.18 Å². The third-order valence-electron chi connectivity index (χ3n) is 3.59. The van der Waals surface area contributed by atoms with Crippen LogP contribution in [0.5, 0.6) is 5.75 Å². The average molecular weight is 344 g/mol. The maximum atomic E-state index is 12.9. The minimum absolute atomic E-state index is 0.0982. The van der Waals surface area contributed by atoms with E-state index in [1.54, 1.807) is 16.7 Å². The monoisotopic (exact) mass is 344 g/mol. The highest BCUT2D eigenvalue weighted by atomic mass is 32.2. The number of aryl methyl sites for hydroxylation is 1. The topological polar surface area (TPSA) is 41.9 Å². The second-order valence-electron chi connectivity index (χ2n) is 5.32. The quantitative estimate of drug-likeness (QED) is 0.848. The number of hydrogen-bond donors (Lipinski definition) is 0. The first-order valence-corrected chi connectivity index (χ1v) is 8.58. The third kappa shape index (κ3) is 3.94. The molecule has 0 saturated carbocycles. The summed E-state index contributed by atoms with van der Waals surface area (Å²) < 4.78 is 18.3. The fraction of sp³-hybridized carbons (Fsp3) is 0.222. The number of carbonyl (C=O) groups is 1. The Kier molecular flexibility index (Phi) is 5.15. The second kappa shape index (κ2) is 7.49. The molecule has 0 aromatic heterocycles. The Morgan fingerprint density at radius 3 is 2.75 bits per heavy atom. The van der Waals surface area contributed by atoms with Gasteiger partial charge in [-0.25, -0.2) is 9.38 Å². The normalized spacial score (nSPS) is 15.8. The molecule has 1 aliphatic heterocycles. The number of amidine groups is 1. The van der Waals surface area contributed by atoms with Crippen molar-refractivity contribution in [3.8, 4) is 5.75 Å². The first-order chi connectivity index (χ1) is 11.6. The molecular formula is C18H17FN2O2S. The van der Waals surface area contributed by atoms with Gasteiger partial charge in [-0.15, -0.1) is 0 Å². The number of benzene rings is 2. The Morgan fingerprint density at radius 2 is 2.00 bits per heavy atom. The summed E-state index contributed by atoms with van der Waals surface area (Å²) in [6, 6.07) is 13.4. The van der Waals surface area contributed by atoms with Crippen LogP contribution in [0.2, 0.25) is 0 Å². The van der Waals surface area contributed by atoms with E-state index in [1.807, 2.05) is 31.2 Å². The van der Waals surface area contributed by atoms with Crippen LogP contribution in [-0.2, 0) is 4.79 Å². The molecule has 1 amide bonds. The van der Waals surface area contributed by atoms with Crippen molar-refractivity contribution < 1.29 is 13.9 Å². The van der Waals surface area contributed by atoms with Crippen LogP contribution in [0.15, 0.2) is 53.5 Å². The standard InChI is InChI=1S/C18H17FN2O2S/c1-13-4-2-3-5-16(13)20-18-21(10-11-24-18)17(22)12-23-15-8-6-14(19)7-9-15/h2-9H,10-12H2,1H3. The molecule has 1 aliphatic rings. The summed E-state index contributed by atoms with van der Waals surface area (Å²) >= 11 is 1.56. The molecule has 6 heteroatoms. The zero-order chi connectivity index (χ0) is 16.9. The molecule has 0 radical (unpaired) electrons. The molecule has 124 valence electrons. The van der Waals surface area contributed by atoms with Gasteiger partial charge in [-0.2, -0.15) is 0 Å². The van der Waals surface area contributed by atoms with Gasteiger partial charge in [-0.1, -0.05) is 30.0 Å². The number of ether oxygens (including phenoxy) is 1. The van der Waals surface area contributed by atoms with E-state index in [-0.39, 0.29) is 18.3 Å². The maximum Gasteiger partial charge on any atom is 0.266 e. The zero-order valence-corrected chi connectivity index (χ0v) is 14.1. The number of hydrogen-bond acceptors (Lipinski definition) is 4. The third-order valence-corrected chi connectivity index (χ3v) is 4.54. The van der Waals surface area contributed by atoms with Crippen molar-refractivity contribution in [3.05, 3.63) is 59.9 Å². The lowest BCUT2D eigenvalue weighted by molar-refractivity contribution is -0.129. The van der Waals surface area contributed by atoms with E-state index >= 15 is 0 Å². The molecule has 1 fully saturated rings. The molecule has 2 aromatic carbocycles. The fourth-order valence-electron chi connectivity index (χ4n) is 2.27. The summed E-state index contributed by atoms with van der Waals surface area (Å²) in [7, 11) is 0. The van der Waals surface area contributed by atoms with Crippen molar-refractivity contribution in [3.63, 3.8) is 0 Å². The van der Waals surface area contributed by atoms with E-state index in [1.165, 1.54) is 24.3 Å². The van der Waals surface area contributed by atoms with Gasteiger partial charge in [-0.05, 0) is 42.8 Å². The molecule has 24 heavy (non-hydrogen) atoms. The largest absolute Gasteiger partial charge is 0.484 e. The van der Waals surface area contributed by atoms with Crippen LogP contribution in [-0.4, -0.2) is 34.9 Å². The van der Waals surface area contributed by atoms with E-state index < -0.39 is 0 Å². The number of carbonyl (C=O) groups excluding carboxylic acids is 1. The van der Waals surface area contributed by atoms with Crippen molar-refractivity contribution in [1.82, 2.24) is 4.90 Å². The van der Waals surface area contributed by atoms with Crippen molar-refractivity contribution in [1.29, 1.82) is 0 Å². The molecule has 4 nitrogen and oxygen atoms in total. The number of halogens is 1. The molecular weight excluding hydrogens is 327 g/mol. The number of aliphatic imine (C=N–C) groups is 1. The van der Waals surface area contributed by atoms with Crippen molar-refractivity contribution >= 4 is 28.5 Å². The summed E-state index contributed by atoms with van der Waals surface area (Å²) in [4.78, 5) is 18.6. The van der Waals surface area contributed by atoms with Gasteiger partial charge in [0.1, 0.15) is 11.6 Å². The Bertz CT molecular complexity index is 762. The Balaban J connectivity index is 1.67. The van der Waals surface area contributed by atoms with Crippen LogP contribution in [0.4, 0.5) is 10.1 Å². The van der Waals surface area contributed by atoms with Gasteiger partial charge in [0.05, 0.1) is 5.69 Å². The van der Waals surface area contributed by atoms with Crippen molar-refractivity contribution in [2.75, 3.05) is 18.9 Å². The van der Waals surface area contributed by atoms with Crippen LogP contribution >= 0.6 is 11.8 Å². The molecule has 0 N–H and O–H groups in total. The van der Waals surface area contributed by atoms with Crippen LogP contribution < -0.4 is 4.74 Å². The van der Waals surface area contributed by atoms with Crippen LogP contribution in [0.25, 0.3) is 0 Å². The van der Waals surface area contributed by atoms with Gasteiger partial charge in [0.15, 0.2) is 11.8 Å². The van der Waals surface area contributed by atoms with Crippen molar-refractivity contribution in [2.45, 2.75) is 6.92 Å². The Hall–Kier alpha value is -2.34. The van der Waals surface area contributed by atoms with Gasteiger partial charge in [0, 0.05) is 12.3 Å². The first kappa shape index (κ1) is 16.5. The molecule has 0 aliphatic carbocycles. The Labute approximate surface area is 144 Å². The molecule has 1 saturated heterocycles. The van der Waals surface area contributed by atoms with Gasteiger partial charge >= 0.3 is 0 Å². The highest BCUT2D eigenvalue weighted by Crippen LogP contribution is 2.25. The van der Waals surface area contributed by atoms with E-state index in [0.717, 1.165) is 17.0 Å². The number of rotatable bonds is 4. The summed E-state index contributed by atoms with van der Waals surface area (Å²) in [5, 5.41) is 0.692. The van der Waals surface area contributed by atoms with Crippen LogP contribution in [0, 0.1) is 12.7 Å². The zero-order valence-electron chi connectivity index (χ0n) is 13.2. The minimum atomic E-state index is -0.336. The van der Waals surface area contributed by atoms with Crippen LogP contribution in [0.1, 0.15) is 5.56 Å². The number of nitrogens with zero attached hydrogens (tertiary/aromatic N) is 2.